The van der Waals surface area contributed by atoms with Crippen LogP contribution in [0.5, 0.6) is 0 Å². The first kappa shape index (κ1) is 26.4. The van der Waals surface area contributed by atoms with E-state index in [1.165, 1.54) is 0 Å². The fourth-order valence-electron chi connectivity index (χ4n) is 2.91. The van der Waals surface area contributed by atoms with Crippen molar-refractivity contribution in [3.8, 4) is 0 Å². The van der Waals surface area contributed by atoms with Gasteiger partial charge in [-0.25, -0.2) is 4.79 Å². The van der Waals surface area contributed by atoms with Crippen molar-refractivity contribution in [2.45, 2.75) is 96.7 Å². The molecule has 157 valence electrons. The van der Waals surface area contributed by atoms with Crippen LogP contribution in [0.4, 0.5) is 4.79 Å². The zero-order valence-corrected chi connectivity index (χ0v) is 19.6. The number of nitrogens with one attached hydrogen (secondary N) is 1. The van der Waals surface area contributed by atoms with Crippen molar-refractivity contribution < 1.29 is 19.1 Å². The van der Waals surface area contributed by atoms with Crippen LogP contribution in [-0.4, -0.2) is 70.4 Å². The van der Waals surface area contributed by atoms with E-state index >= 15 is 0 Å². The van der Waals surface area contributed by atoms with E-state index in [4.69, 9.17) is 14.3 Å². The number of rotatable bonds is 7. The van der Waals surface area contributed by atoms with Crippen LogP contribution >= 0.6 is 0 Å². The van der Waals surface area contributed by atoms with Crippen molar-refractivity contribution in [3.63, 3.8) is 0 Å². The number of nitrogens with zero attached hydrogens (tertiary/aromatic N) is 1. The third-order valence-corrected chi connectivity index (χ3v) is 9.81. The van der Waals surface area contributed by atoms with Crippen molar-refractivity contribution >= 4 is 22.8 Å². The van der Waals surface area contributed by atoms with E-state index < -0.39 is 13.9 Å². The molecule has 0 spiro atoms. The molecule has 0 aliphatic carbocycles. The number of likely N-dealkylation sites (tertiary alicyclic amines) is 1. The highest BCUT2D eigenvalue weighted by molar-refractivity contribution is 6.74. The van der Waals surface area contributed by atoms with E-state index in [0.29, 0.717) is 6.54 Å². The molecule has 8 heteroatoms. The minimum Gasteiger partial charge on any atom is -0.444 e. The lowest BCUT2D eigenvalue weighted by Crippen LogP contribution is -2.45. The Morgan fingerprint density at radius 2 is 1.81 bits per heavy atom. The van der Waals surface area contributed by atoms with Crippen molar-refractivity contribution in [2.24, 2.45) is 0 Å². The van der Waals surface area contributed by atoms with Crippen LogP contribution in [0.25, 0.3) is 0 Å². The standard InChI is InChI=1S/C19H40N2O4Si.B/c1-18(2,3)24-17(23)21-13-16(25-26(7,8)19(4,5)6)12-15(21)10-9-11-20-14-22;/h15-16,20,22H,9-14H2,1-8H3;/t15-,16+;/m0./s1. The Morgan fingerprint density at radius 3 is 2.30 bits per heavy atom. The molecular weight excluding hydrogens is 359 g/mol. The fraction of sp³-hybridized carbons (Fsp3) is 0.947. The number of amides is 1. The van der Waals surface area contributed by atoms with Crippen molar-refractivity contribution in [3.05, 3.63) is 0 Å². The summed E-state index contributed by atoms with van der Waals surface area (Å²) in [5, 5.41) is 11.9. The van der Waals surface area contributed by atoms with Crippen molar-refractivity contribution in [1.29, 1.82) is 0 Å². The summed E-state index contributed by atoms with van der Waals surface area (Å²) >= 11 is 0. The van der Waals surface area contributed by atoms with Crippen LogP contribution in [0.1, 0.15) is 60.8 Å². The number of ether oxygens (including phenoxy) is 1. The maximum Gasteiger partial charge on any atom is 0.410 e. The van der Waals surface area contributed by atoms with Gasteiger partial charge in [-0.15, -0.1) is 0 Å². The molecule has 2 atom stereocenters. The summed E-state index contributed by atoms with van der Waals surface area (Å²) in [7, 11) is -1.88. The van der Waals surface area contributed by atoms with Gasteiger partial charge in [0.05, 0.1) is 12.8 Å². The summed E-state index contributed by atoms with van der Waals surface area (Å²) in [4.78, 5) is 14.5. The van der Waals surface area contributed by atoms with Gasteiger partial charge in [-0.05, 0) is 64.7 Å². The zero-order valence-electron chi connectivity index (χ0n) is 18.6. The SMILES string of the molecule is CC(C)(C)OC(=O)N1C[C@H](O[Si](C)(C)C(C)(C)C)C[C@@H]1CCCNCO.[B]. The number of aliphatic hydroxyl groups excluding tert-OH is 1. The lowest BCUT2D eigenvalue weighted by molar-refractivity contribution is 0.0203. The van der Waals surface area contributed by atoms with Crippen LogP contribution in [0.3, 0.4) is 0 Å². The van der Waals surface area contributed by atoms with Gasteiger partial charge >= 0.3 is 6.09 Å². The van der Waals surface area contributed by atoms with E-state index in [1.807, 2.05) is 25.7 Å². The highest BCUT2D eigenvalue weighted by atomic mass is 28.4. The molecule has 1 saturated heterocycles. The van der Waals surface area contributed by atoms with E-state index in [9.17, 15) is 4.79 Å². The first-order chi connectivity index (χ1) is 11.8. The largest absolute Gasteiger partial charge is 0.444 e. The molecule has 1 heterocycles. The molecule has 27 heavy (non-hydrogen) atoms. The van der Waals surface area contributed by atoms with Gasteiger partial charge in [0.2, 0.25) is 0 Å². The van der Waals surface area contributed by atoms with E-state index in [-0.39, 0.29) is 38.4 Å². The molecule has 0 bridgehead atoms. The van der Waals surface area contributed by atoms with E-state index in [0.717, 1.165) is 25.8 Å². The molecule has 2 N–H and O–H groups in total. The third-order valence-electron chi connectivity index (χ3n) is 5.27. The molecule has 1 rings (SSSR count). The molecule has 0 aromatic rings. The highest BCUT2D eigenvalue weighted by Crippen LogP contribution is 2.39. The lowest BCUT2D eigenvalue weighted by atomic mass is 10.1. The van der Waals surface area contributed by atoms with Gasteiger partial charge in [0, 0.05) is 21.0 Å². The average Bonchev–Trinajstić information content (AvgIpc) is 2.83. The second-order valence-electron chi connectivity index (χ2n) is 9.82. The second-order valence-corrected chi connectivity index (χ2v) is 14.6. The van der Waals surface area contributed by atoms with Crippen LogP contribution in [0.15, 0.2) is 0 Å². The predicted molar refractivity (Wildman–Crippen MR) is 113 cm³/mol. The van der Waals surface area contributed by atoms with Crippen LogP contribution in [0, 0.1) is 0 Å². The van der Waals surface area contributed by atoms with Crippen molar-refractivity contribution in [1.82, 2.24) is 10.2 Å². The molecule has 1 aliphatic rings. The smallest absolute Gasteiger partial charge is 0.410 e. The second kappa shape index (κ2) is 10.3. The van der Waals surface area contributed by atoms with Gasteiger partial charge in [-0.1, -0.05) is 20.8 Å². The summed E-state index contributed by atoms with van der Waals surface area (Å²) in [6.07, 6.45) is 2.45. The molecule has 0 aromatic carbocycles. The minimum atomic E-state index is -1.88. The maximum atomic E-state index is 12.7. The Hall–Kier alpha value is -0.568. The maximum absolute atomic E-state index is 12.7. The number of hydrogen-bond acceptors (Lipinski definition) is 5. The van der Waals surface area contributed by atoms with Crippen LogP contribution in [-0.2, 0) is 9.16 Å². The summed E-state index contributed by atoms with van der Waals surface area (Å²) in [6, 6.07) is 0.125. The number of hydrogen-bond donors (Lipinski definition) is 2. The summed E-state index contributed by atoms with van der Waals surface area (Å²) in [5.74, 6) is 0. The Bertz CT molecular complexity index is 464. The van der Waals surface area contributed by atoms with Gasteiger partial charge < -0.3 is 19.2 Å². The van der Waals surface area contributed by atoms with Gasteiger partial charge in [-0.2, -0.15) is 0 Å². The fourth-order valence-corrected chi connectivity index (χ4v) is 4.27. The zero-order chi connectivity index (χ0) is 20.2. The monoisotopic (exact) mass is 399 g/mol. The highest BCUT2D eigenvalue weighted by Gasteiger charge is 2.44. The molecule has 3 radical (unpaired) electrons. The summed E-state index contributed by atoms with van der Waals surface area (Å²) < 4.78 is 12.2. The number of aliphatic hydroxyl groups is 1. The quantitative estimate of drug-likeness (QED) is 0.390. The first-order valence-corrected chi connectivity index (χ1v) is 12.7. The lowest BCUT2D eigenvalue weighted by Gasteiger charge is -2.38. The van der Waals surface area contributed by atoms with Crippen molar-refractivity contribution in [2.75, 3.05) is 19.8 Å². The molecule has 0 aromatic heterocycles. The molecule has 6 nitrogen and oxygen atoms in total. The Balaban J connectivity index is 0.00000676. The van der Waals surface area contributed by atoms with Crippen LogP contribution in [0.2, 0.25) is 18.1 Å². The Labute approximate surface area is 169 Å². The van der Waals surface area contributed by atoms with Gasteiger partial charge in [0.15, 0.2) is 8.32 Å². The minimum absolute atomic E-state index is 0. The molecule has 0 unspecified atom stereocenters. The Morgan fingerprint density at radius 1 is 1.22 bits per heavy atom. The molecule has 1 aliphatic heterocycles. The number of carbonyl (C=O) groups excluding carboxylic acids is 1. The van der Waals surface area contributed by atoms with Gasteiger partial charge in [0.1, 0.15) is 5.60 Å². The average molecular weight is 399 g/mol. The van der Waals surface area contributed by atoms with E-state index in [1.54, 1.807) is 0 Å². The predicted octanol–water partition coefficient (Wildman–Crippen LogP) is 3.33. The topological polar surface area (TPSA) is 71.0 Å². The van der Waals surface area contributed by atoms with E-state index in [2.05, 4.69) is 39.2 Å². The van der Waals surface area contributed by atoms with Gasteiger partial charge in [0.25, 0.3) is 0 Å². The normalized spacial score (nSPS) is 21.1. The third kappa shape index (κ3) is 8.54. The molecule has 0 saturated carbocycles. The first-order valence-electron chi connectivity index (χ1n) is 9.76. The van der Waals surface area contributed by atoms with Crippen LogP contribution < -0.4 is 5.32 Å². The molecular formula is C19H40BN2O4Si. The summed E-state index contributed by atoms with van der Waals surface area (Å²) in [5.41, 5.74) is -0.502. The molecule has 1 fully saturated rings. The Kier molecular flexibility index (Phi) is 10.1. The number of carbonyl (C=O) groups is 1. The molecule has 1 amide bonds. The van der Waals surface area contributed by atoms with Gasteiger partial charge in [-0.3, -0.25) is 5.32 Å². The summed E-state index contributed by atoms with van der Waals surface area (Å²) in [6.45, 7) is 18.2.